The summed E-state index contributed by atoms with van der Waals surface area (Å²) in [6.45, 7) is 9.90. The van der Waals surface area contributed by atoms with E-state index >= 15 is 0 Å². The molecule has 2 aromatic rings. The molecule has 3 N–H and O–H groups in total. The van der Waals surface area contributed by atoms with Gasteiger partial charge in [-0.2, -0.15) is 0 Å². The molecule has 3 atom stereocenters. The van der Waals surface area contributed by atoms with Gasteiger partial charge in [-0.05, 0) is 61.3 Å². The molecule has 1 spiro atoms. The summed E-state index contributed by atoms with van der Waals surface area (Å²) < 4.78 is 26.2. The van der Waals surface area contributed by atoms with Crippen LogP contribution in [0.2, 0.25) is 0 Å². The maximum Gasteiger partial charge on any atom is 0.217 e. The molecule has 0 radical (unpaired) electrons. The van der Waals surface area contributed by atoms with Crippen LogP contribution in [0.4, 0.5) is 10.2 Å². The van der Waals surface area contributed by atoms with Gasteiger partial charge in [-0.15, -0.1) is 0 Å². The van der Waals surface area contributed by atoms with Gasteiger partial charge in [-0.1, -0.05) is 32.9 Å². The highest BCUT2D eigenvalue weighted by Crippen LogP contribution is 2.52. The number of nitrogens with zero attached hydrogens (tertiary/aromatic N) is 2. The van der Waals surface area contributed by atoms with Crippen LogP contribution < -0.4 is 20.3 Å². The van der Waals surface area contributed by atoms with Crippen molar-refractivity contribution in [3.05, 3.63) is 53.0 Å². The number of hydrogen-bond donors (Lipinski definition) is 3. The smallest absolute Gasteiger partial charge is 0.217 e. The van der Waals surface area contributed by atoms with Gasteiger partial charge in [0.05, 0.1) is 18.2 Å². The molecule has 2 fully saturated rings. The number of hydrogen-bond acceptors (Lipinski definition) is 7. The first-order valence-corrected chi connectivity index (χ1v) is 14.9. The molecule has 8 nitrogen and oxygen atoms in total. The van der Waals surface area contributed by atoms with Crippen molar-refractivity contribution in [2.75, 3.05) is 31.6 Å². The number of anilines is 1. The van der Waals surface area contributed by atoms with E-state index < -0.39 is 12.1 Å². The minimum absolute atomic E-state index is 0.0409. The van der Waals surface area contributed by atoms with E-state index in [0.717, 1.165) is 73.6 Å². The summed E-state index contributed by atoms with van der Waals surface area (Å²) in [4.78, 5) is 19.4. The molecule has 0 unspecified atom stereocenters. The second-order valence-corrected chi connectivity index (χ2v) is 13.4. The molecule has 3 aliphatic rings. The minimum Gasteiger partial charge on any atom is -0.483 e. The van der Waals surface area contributed by atoms with E-state index in [2.05, 4.69) is 42.4 Å². The van der Waals surface area contributed by atoms with E-state index in [0.29, 0.717) is 6.42 Å². The molecule has 41 heavy (non-hydrogen) atoms. The largest absolute Gasteiger partial charge is 0.483 e. The molecule has 1 aromatic carbocycles. The predicted molar refractivity (Wildman–Crippen MR) is 157 cm³/mol. The zero-order valence-electron chi connectivity index (χ0n) is 25.0. The Morgan fingerprint density at radius 2 is 2.05 bits per heavy atom. The molecule has 224 valence electrons. The van der Waals surface area contributed by atoms with E-state index in [9.17, 15) is 14.3 Å². The Hall–Kier alpha value is -2.75. The SMILES string of the molecule is COC1CN(c2nc(CC(C)(C)C)cc3c2OC2(CCC2)C[C@@H]3NC[C@@H](O)[C@H](Cc2cccc(F)c2)NC(C)=O)C1. The second-order valence-electron chi connectivity index (χ2n) is 13.4. The summed E-state index contributed by atoms with van der Waals surface area (Å²) >= 11 is 0. The van der Waals surface area contributed by atoms with E-state index in [1.165, 1.54) is 19.1 Å². The lowest BCUT2D eigenvalue weighted by Gasteiger charge is -2.50. The van der Waals surface area contributed by atoms with Crippen LogP contribution in [0.3, 0.4) is 0 Å². The molecule has 1 amide bonds. The van der Waals surface area contributed by atoms with Crippen LogP contribution in [0.1, 0.15) is 76.2 Å². The van der Waals surface area contributed by atoms with Crippen molar-refractivity contribution in [3.63, 3.8) is 0 Å². The molecule has 0 bridgehead atoms. The van der Waals surface area contributed by atoms with Crippen molar-refractivity contribution in [1.29, 1.82) is 0 Å². The Morgan fingerprint density at radius 1 is 1.29 bits per heavy atom. The number of amides is 1. The van der Waals surface area contributed by atoms with Gasteiger partial charge in [0, 0.05) is 57.4 Å². The minimum atomic E-state index is -0.876. The van der Waals surface area contributed by atoms with Crippen LogP contribution in [0.25, 0.3) is 0 Å². The van der Waals surface area contributed by atoms with Gasteiger partial charge in [-0.3, -0.25) is 4.79 Å². The summed E-state index contributed by atoms with van der Waals surface area (Å²) in [5.41, 5.74) is 2.64. The normalized spacial score (nSPS) is 21.3. The summed E-state index contributed by atoms with van der Waals surface area (Å²) in [6.07, 6.45) is 4.38. The molecule has 2 aliphatic heterocycles. The standard InChI is InChI=1S/C32H45FN4O4/c1-20(38)35-26(13-21-8-6-9-22(33)12-21)28(39)17-34-27-16-32(10-7-11-32)41-29-25(27)14-23(15-31(2,3)4)36-30(29)37-18-24(19-37)40-5/h6,8-9,12,14,24,26-28,34,39H,7,10-11,13,15-19H2,1-5H3,(H,35,38)/t26-,27-,28+/m0/s1. The lowest BCUT2D eigenvalue weighted by atomic mass is 9.72. The second kappa shape index (κ2) is 11.9. The van der Waals surface area contributed by atoms with Crippen molar-refractivity contribution < 1.29 is 23.8 Å². The fraction of sp³-hybridized carbons (Fsp3) is 0.625. The number of aromatic nitrogens is 1. The Kier molecular flexibility index (Phi) is 8.60. The zero-order valence-corrected chi connectivity index (χ0v) is 25.0. The fourth-order valence-electron chi connectivity index (χ4n) is 6.23. The van der Waals surface area contributed by atoms with Crippen LogP contribution >= 0.6 is 0 Å². The predicted octanol–water partition coefficient (Wildman–Crippen LogP) is 4.09. The van der Waals surface area contributed by atoms with Crippen molar-refractivity contribution in [3.8, 4) is 5.75 Å². The Balaban J connectivity index is 1.41. The Labute approximate surface area is 243 Å². The van der Waals surface area contributed by atoms with Gasteiger partial charge in [0.1, 0.15) is 11.4 Å². The van der Waals surface area contributed by atoms with Crippen LogP contribution in [0.5, 0.6) is 5.75 Å². The van der Waals surface area contributed by atoms with Gasteiger partial charge in [0.15, 0.2) is 11.6 Å². The highest BCUT2D eigenvalue weighted by Gasteiger charge is 2.48. The van der Waals surface area contributed by atoms with Gasteiger partial charge < -0.3 is 30.1 Å². The maximum atomic E-state index is 13.8. The van der Waals surface area contributed by atoms with Crippen LogP contribution in [-0.4, -0.2) is 66.6 Å². The third-order valence-electron chi connectivity index (χ3n) is 8.54. The molecular weight excluding hydrogens is 523 g/mol. The summed E-state index contributed by atoms with van der Waals surface area (Å²) in [5.74, 6) is 1.15. The number of methoxy groups -OCH3 is 1. The molecule has 1 saturated heterocycles. The third-order valence-corrected chi connectivity index (χ3v) is 8.54. The number of halogens is 1. The maximum absolute atomic E-state index is 13.8. The summed E-state index contributed by atoms with van der Waals surface area (Å²) in [5, 5.41) is 17.8. The highest BCUT2D eigenvalue weighted by molar-refractivity contribution is 5.73. The number of aliphatic hydroxyl groups excluding tert-OH is 1. The molecule has 1 aromatic heterocycles. The van der Waals surface area contributed by atoms with Gasteiger partial charge in [0.25, 0.3) is 0 Å². The first kappa shape index (κ1) is 29.7. The van der Waals surface area contributed by atoms with E-state index in [1.807, 2.05) is 6.07 Å². The van der Waals surface area contributed by atoms with E-state index in [1.54, 1.807) is 13.2 Å². The molecular formula is C32H45FN4O4. The topological polar surface area (TPSA) is 96.0 Å². The number of benzene rings is 1. The van der Waals surface area contributed by atoms with Gasteiger partial charge >= 0.3 is 0 Å². The third kappa shape index (κ3) is 7.01. The Morgan fingerprint density at radius 3 is 2.66 bits per heavy atom. The monoisotopic (exact) mass is 568 g/mol. The van der Waals surface area contributed by atoms with Crippen molar-refractivity contribution in [2.45, 2.75) is 96.1 Å². The number of carbonyl (C=O) groups excluding carboxylic acids is 1. The number of fused-ring (bicyclic) bond motifs is 1. The number of aliphatic hydroxyl groups is 1. The average Bonchev–Trinajstić information content (AvgIpc) is 2.84. The van der Waals surface area contributed by atoms with E-state index in [-0.39, 0.29) is 41.4 Å². The van der Waals surface area contributed by atoms with Crippen LogP contribution in [0, 0.1) is 11.2 Å². The number of rotatable bonds is 10. The summed E-state index contributed by atoms with van der Waals surface area (Å²) in [7, 11) is 1.74. The molecule has 1 saturated carbocycles. The number of pyridine rings is 1. The average molecular weight is 569 g/mol. The van der Waals surface area contributed by atoms with Gasteiger partial charge in [-0.25, -0.2) is 9.37 Å². The first-order valence-electron chi connectivity index (χ1n) is 14.9. The fourth-order valence-corrected chi connectivity index (χ4v) is 6.23. The number of ether oxygens (including phenoxy) is 2. The summed E-state index contributed by atoms with van der Waals surface area (Å²) in [6, 6.07) is 7.86. The van der Waals surface area contributed by atoms with Crippen LogP contribution in [-0.2, 0) is 22.4 Å². The molecule has 5 rings (SSSR count). The zero-order chi connectivity index (χ0) is 29.4. The molecule has 9 heteroatoms. The van der Waals surface area contributed by atoms with Crippen molar-refractivity contribution in [2.24, 2.45) is 5.41 Å². The lowest BCUT2D eigenvalue weighted by molar-refractivity contribution is -0.120. The van der Waals surface area contributed by atoms with Crippen molar-refractivity contribution in [1.82, 2.24) is 15.6 Å². The quantitative estimate of drug-likeness (QED) is 0.397. The first-order chi connectivity index (χ1) is 19.4. The van der Waals surface area contributed by atoms with Crippen LogP contribution in [0.15, 0.2) is 30.3 Å². The van der Waals surface area contributed by atoms with E-state index in [4.69, 9.17) is 14.5 Å². The van der Waals surface area contributed by atoms with Gasteiger partial charge in [0.2, 0.25) is 5.91 Å². The molecule has 1 aliphatic carbocycles. The number of nitrogens with one attached hydrogen (secondary N) is 2. The molecule has 3 heterocycles. The van der Waals surface area contributed by atoms with Crippen molar-refractivity contribution >= 4 is 11.7 Å². The highest BCUT2D eigenvalue weighted by atomic mass is 19.1. The number of carbonyl (C=O) groups is 1. The lowest BCUT2D eigenvalue weighted by Crippen LogP contribution is -2.54. The Bertz CT molecular complexity index is 1240.